The lowest BCUT2D eigenvalue weighted by Gasteiger charge is -2.36. The van der Waals surface area contributed by atoms with Gasteiger partial charge in [0.25, 0.3) is 0 Å². The fourth-order valence-electron chi connectivity index (χ4n) is 2.96. The van der Waals surface area contributed by atoms with E-state index in [-0.39, 0.29) is 11.3 Å². The van der Waals surface area contributed by atoms with Gasteiger partial charge in [-0.05, 0) is 12.8 Å². The maximum atomic E-state index is 13.0. The van der Waals surface area contributed by atoms with Gasteiger partial charge in [-0.25, -0.2) is 0 Å². The van der Waals surface area contributed by atoms with Crippen LogP contribution in [0.2, 0.25) is 0 Å². The summed E-state index contributed by atoms with van der Waals surface area (Å²) < 4.78 is 10.2. The number of nitrogens with zero attached hydrogens (tertiary/aromatic N) is 1. The van der Waals surface area contributed by atoms with Gasteiger partial charge in [-0.1, -0.05) is 25.7 Å². The Morgan fingerprint density at radius 2 is 1.55 bits per heavy atom. The number of ether oxygens (including phenoxy) is 2. The zero-order valence-electron chi connectivity index (χ0n) is 13.0. The van der Waals surface area contributed by atoms with Crippen LogP contribution in [0.3, 0.4) is 0 Å². The van der Waals surface area contributed by atoms with E-state index in [1.165, 1.54) is 12.8 Å². The van der Waals surface area contributed by atoms with E-state index in [9.17, 15) is 4.79 Å². The van der Waals surface area contributed by atoms with Crippen molar-refractivity contribution in [2.24, 2.45) is 11.1 Å². The summed E-state index contributed by atoms with van der Waals surface area (Å²) in [5.74, 6) is 0.191. The van der Waals surface area contributed by atoms with Gasteiger partial charge in [0.05, 0.1) is 18.6 Å². The predicted molar refractivity (Wildman–Crippen MR) is 79.5 cm³/mol. The van der Waals surface area contributed by atoms with Crippen molar-refractivity contribution >= 4 is 5.91 Å². The molecule has 20 heavy (non-hydrogen) atoms. The van der Waals surface area contributed by atoms with Crippen molar-refractivity contribution in [1.29, 1.82) is 0 Å². The molecule has 1 saturated carbocycles. The molecule has 0 heterocycles. The SMILES string of the molecule is COCCN(CCOC)C(=O)C1(CN)CCCCCC1. The van der Waals surface area contributed by atoms with Gasteiger partial charge in [0.15, 0.2) is 0 Å². The second-order valence-electron chi connectivity index (χ2n) is 5.68. The number of carbonyl (C=O) groups is 1. The average Bonchev–Trinajstić information content (AvgIpc) is 2.73. The van der Waals surface area contributed by atoms with Crippen LogP contribution in [-0.4, -0.2) is 57.9 Å². The summed E-state index contributed by atoms with van der Waals surface area (Å²) >= 11 is 0. The Labute approximate surface area is 122 Å². The fourth-order valence-corrected chi connectivity index (χ4v) is 2.96. The Hall–Kier alpha value is -0.650. The van der Waals surface area contributed by atoms with E-state index in [2.05, 4.69) is 0 Å². The highest BCUT2D eigenvalue weighted by Gasteiger charge is 2.39. The largest absolute Gasteiger partial charge is 0.383 e. The van der Waals surface area contributed by atoms with Crippen molar-refractivity contribution in [1.82, 2.24) is 4.90 Å². The van der Waals surface area contributed by atoms with Gasteiger partial charge in [0.1, 0.15) is 0 Å². The Balaban J connectivity index is 2.76. The summed E-state index contributed by atoms with van der Waals surface area (Å²) in [6.07, 6.45) is 6.46. The number of methoxy groups -OCH3 is 2. The van der Waals surface area contributed by atoms with Crippen LogP contribution in [0.25, 0.3) is 0 Å². The molecule has 0 bridgehead atoms. The van der Waals surface area contributed by atoms with Crippen molar-refractivity contribution in [3.05, 3.63) is 0 Å². The van der Waals surface area contributed by atoms with Crippen molar-refractivity contribution in [3.63, 3.8) is 0 Å². The molecule has 0 aromatic carbocycles. The molecule has 0 radical (unpaired) electrons. The topological polar surface area (TPSA) is 64.8 Å². The minimum absolute atomic E-state index is 0.191. The van der Waals surface area contributed by atoms with E-state index in [0.29, 0.717) is 32.8 Å². The Morgan fingerprint density at radius 1 is 1.05 bits per heavy atom. The molecular weight excluding hydrogens is 256 g/mol. The van der Waals surface area contributed by atoms with Crippen LogP contribution >= 0.6 is 0 Å². The number of rotatable bonds is 8. The first-order valence-corrected chi connectivity index (χ1v) is 7.67. The molecule has 0 unspecified atom stereocenters. The van der Waals surface area contributed by atoms with Gasteiger partial charge in [0, 0.05) is 33.9 Å². The van der Waals surface area contributed by atoms with Crippen molar-refractivity contribution < 1.29 is 14.3 Å². The van der Waals surface area contributed by atoms with Gasteiger partial charge >= 0.3 is 0 Å². The van der Waals surface area contributed by atoms with Crippen molar-refractivity contribution in [3.8, 4) is 0 Å². The second kappa shape index (κ2) is 9.32. The lowest BCUT2D eigenvalue weighted by atomic mass is 9.79. The molecule has 0 saturated heterocycles. The highest BCUT2D eigenvalue weighted by Crippen LogP contribution is 2.35. The normalized spacial score (nSPS) is 18.6. The molecule has 1 amide bonds. The van der Waals surface area contributed by atoms with Crippen LogP contribution < -0.4 is 5.73 Å². The van der Waals surface area contributed by atoms with E-state index < -0.39 is 0 Å². The second-order valence-corrected chi connectivity index (χ2v) is 5.68. The molecule has 2 N–H and O–H groups in total. The van der Waals surface area contributed by atoms with Crippen LogP contribution in [-0.2, 0) is 14.3 Å². The average molecular weight is 286 g/mol. The van der Waals surface area contributed by atoms with Gasteiger partial charge in [-0.15, -0.1) is 0 Å². The van der Waals surface area contributed by atoms with E-state index in [1.807, 2.05) is 4.90 Å². The van der Waals surface area contributed by atoms with Gasteiger partial charge in [-0.2, -0.15) is 0 Å². The molecule has 1 aliphatic rings. The smallest absolute Gasteiger partial charge is 0.230 e. The lowest BCUT2D eigenvalue weighted by molar-refractivity contribution is -0.144. The number of amides is 1. The van der Waals surface area contributed by atoms with Crippen LogP contribution in [0, 0.1) is 5.41 Å². The maximum absolute atomic E-state index is 13.0. The number of hydrogen-bond acceptors (Lipinski definition) is 4. The summed E-state index contributed by atoms with van der Waals surface area (Å²) in [6.45, 7) is 2.77. The highest BCUT2D eigenvalue weighted by molar-refractivity contribution is 5.83. The van der Waals surface area contributed by atoms with Crippen molar-refractivity contribution in [2.45, 2.75) is 38.5 Å². The highest BCUT2D eigenvalue weighted by atomic mass is 16.5. The number of nitrogens with two attached hydrogens (primary N) is 1. The van der Waals surface area contributed by atoms with Crippen LogP contribution in [0.1, 0.15) is 38.5 Å². The van der Waals surface area contributed by atoms with Crippen LogP contribution in [0.5, 0.6) is 0 Å². The molecule has 0 spiro atoms. The maximum Gasteiger partial charge on any atom is 0.230 e. The summed E-state index contributed by atoms with van der Waals surface area (Å²) in [4.78, 5) is 14.8. The summed E-state index contributed by atoms with van der Waals surface area (Å²) in [6, 6.07) is 0. The molecule has 0 aromatic rings. The third kappa shape index (κ3) is 4.72. The van der Waals surface area contributed by atoms with E-state index in [0.717, 1.165) is 25.7 Å². The molecule has 5 nitrogen and oxygen atoms in total. The summed E-state index contributed by atoms with van der Waals surface area (Å²) in [5.41, 5.74) is 5.63. The minimum atomic E-state index is -0.363. The van der Waals surface area contributed by atoms with Gasteiger partial charge in [-0.3, -0.25) is 4.79 Å². The zero-order valence-corrected chi connectivity index (χ0v) is 13.0. The predicted octanol–water partition coefficient (Wildman–Crippen LogP) is 1.41. The summed E-state index contributed by atoms with van der Waals surface area (Å²) in [7, 11) is 3.31. The molecule has 0 aliphatic heterocycles. The standard InChI is InChI=1S/C15H30N2O3/c1-19-11-9-17(10-12-20-2)14(18)15(13-16)7-5-3-4-6-8-15/h3-13,16H2,1-2H3. The minimum Gasteiger partial charge on any atom is -0.383 e. The molecule has 1 rings (SSSR count). The van der Waals surface area contributed by atoms with E-state index in [4.69, 9.17) is 15.2 Å². The zero-order chi connectivity index (χ0) is 14.8. The Bertz CT molecular complexity index is 268. The third-order valence-electron chi connectivity index (χ3n) is 4.32. The molecule has 5 heteroatoms. The molecule has 118 valence electrons. The quantitative estimate of drug-likeness (QED) is 0.685. The van der Waals surface area contributed by atoms with Gasteiger partial charge < -0.3 is 20.1 Å². The molecule has 0 atom stereocenters. The van der Waals surface area contributed by atoms with Crippen LogP contribution in [0.4, 0.5) is 0 Å². The fraction of sp³-hybridized carbons (Fsp3) is 0.933. The molecule has 0 aromatic heterocycles. The monoisotopic (exact) mass is 286 g/mol. The number of hydrogen-bond donors (Lipinski definition) is 1. The number of carbonyl (C=O) groups excluding carboxylic acids is 1. The summed E-state index contributed by atoms with van der Waals surface area (Å²) in [5, 5.41) is 0. The Kier molecular flexibility index (Phi) is 8.11. The molecule has 1 fully saturated rings. The molecular formula is C15H30N2O3. The first-order chi connectivity index (χ1) is 9.70. The van der Waals surface area contributed by atoms with Crippen LogP contribution in [0.15, 0.2) is 0 Å². The van der Waals surface area contributed by atoms with E-state index >= 15 is 0 Å². The Morgan fingerprint density at radius 3 is 1.95 bits per heavy atom. The lowest BCUT2D eigenvalue weighted by Crippen LogP contribution is -2.49. The van der Waals surface area contributed by atoms with Crippen molar-refractivity contribution in [2.75, 3.05) is 47.1 Å². The first kappa shape index (κ1) is 17.4. The van der Waals surface area contributed by atoms with Gasteiger partial charge in [0.2, 0.25) is 5.91 Å². The van der Waals surface area contributed by atoms with E-state index in [1.54, 1.807) is 14.2 Å². The third-order valence-corrected chi connectivity index (χ3v) is 4.32. The first-order valence-electron chi connectivity index (χ1n) is 7.67. The molecule has 1 aliphatic carbocycles.